The van der Waals surface area contributed by atoms with Gasteiger partial charge in [0.1, 0.15) is 5.78 Å². The van der Waals surface area contributed by atoms with Gasteiger partial charge in [-0.3, -0.25) is 4.79 Å². The van der Waals surface area contributed by atoms with E-state index in [2.05, 4.69) is 55.4 Å². The molecule has 1 heteroatoms. The molecule has 8 atom stereocenters. The van der Waals surface area contributed by atoms with Gasteiger partial charge in [-0.1, -0.05) is 52.7 Å². The topological polar surface area (TPSA) is 17.1 Å². The molecule has 0 N–H and O–H groups in total. The Balaban J connectivity index is 1.55. The number of hydrogen-bond acceptors (Lipinski definition) is 1. The van der Waals surface area contributed by atoms with E-state index in [1.807, 2.05) is 5.57 Å². The van der Waals surface area contributed by atoms with E-state index < -0.39 is 0 Å². The summed E-state index contributed by atoms with van der Waals surface area (Å²) in [5.41, 5.74) is 5.04. The number of Topliss-reactive ketones (excluding diaryl/α,β-unsaturated/α-hetero) is 1. The van der Waals surface area contributed by atoms with Crippen molar-refractivity contribution >= 4 is 5.78 Å². The molecule has 0 aromatic carbocycles. The van der Waals surface area contributed by atoms with Gasteiger partial charge in [0.2, 0.25) is 0 Å². The molecular formula is C30H48O. The average molecular weight is 425 g/mol. The van der Waals surface area contributed by atoms with Crippen LogP contribution >= 0.6 is 0 Å². The lowest BCUT2D eigenvalue weighted by atomic mass is 9.32. The minimum atomic E-state index is -0.125. The van der Waals surface area contributed by atoms with Gasteiger partial charge in [0.05, 0.1) is 0 Å². The molecule has 0 aromatic heterocycles. The third kappa shape index (κ3) is 2.53. The summed E-state index contributed by atoms with van der Waals surface area (Å²) in [5.74, 6) is 3.61. The second kappa shape index (κ2) is 6.50. The van der Waals surface area contributed by atoms with Gasteiger partial charge in [0.15, 0.2) is 0 Å². The second-order valence-electron chi connectivity index (χ2n) is 14.4. The summed E-state index contributed by atoms with van der Waals surface area (Å²) in [4.78, 5) is 12.9. The molecule has 0 aromatic rings. The largest absolute Gasteiger partial charge is 0.299 e. The summed E-state index contributed by atoms with van der Waals surface area (Å²) in [6.07, 6.45) is 13.0. The molecular weight excluding hydrogens is 376 g/mol. The van der Waals surface area contributed by atoms with Crippen molar-refractivity contribution in [3.63, 3.8) is 0 Å². The Labute approximate surface area is 192 Å². The summed E-state index contributed by atoms with van der Waals surface area (Å²) < 4.78 is 0. The number of ketones is 1. The Morgan fingerprint density at radius 3 is 1.84 bits per heavy atom. The number of carbonyl (C=O) groups excluding carboxylic acids is 1. The number of allylic oxidation sites excluding steroid dienone is 2. The van der Waals surface area contributed by atoms with Crippen molar-refractivity contribution in [2.24, 2.45) is 50.7 Å². The highest BCUT2D eigenvalue weighted by Crippen LogP contribution is 2.77. The standard InChI is InChI=1S/C30H48O/c1-19(2)20-11-15-27(5)21(20)12-17-29(7)23(27)9-10-24-28(6)16-14-25(31)26(3,4)22(28)13-18-30(24,29)8/h21-24H,9-18H2,1-8H3. The Morgan fingerprint density at radius 1 is 0.677 bits per heavy atom. The molecule has 8 unspecified atom stereocenters. The van der Waals surface area contributed by atoms with E-state index in [4.69, 9.17) is 0 Å². The number of hydrogen-bond donors (Lipinski definition) is 0. The molecule has 31 heavy (non-hydrogen) atoms. The summed E-state index contributed by atoms with van der Waals surface area (Å²) in [5, 5.41) is 0. The highest BCUT2D eigenvalue weighted by molar-refractivity contribution is 5.85. The Morgan fingerprint density at radius 2 is 1.23 bits per heavy atom. The smallest absolute Gasteiger partial charge is 0.138 e. The van der Waals surface area contributed by atoms with Gasteiger partial charge >= 0.3 is 0 Å². The van der Waals surface area contributed by atoms with Gasteiger partial charge in [-0.25, -0.2) is 0 Å². The molecule has 0 aliphatic heterocycles. The van der Waals surface area contributed by atoms with Crippen LogP contribution in [-0.4, -0.2) is 5.78 Å². The van der Waals surface area contributed by atoms with Crippen LogP contribution in [0.1, 0.15) is 120 Å². The van der Waals surface area contributed by atoms with Gasteiger partial charge < -0.3 is 0 Å². The van der Waals surface area contributed by atoms with Gasteiger partial charge in [-0.2, -0.15) is 0 Å². The zero-order valence-electron chi connectivity index (χ0n) is 21.8. The Hall–Kier alpha value is -0.590. The fourth-order valence-corrected chi connectivity index (χ4v) is 11.4. The highest BCUT2D eigenvalue weighted by atomic mass is 16.1. The van der Waals surface area contributed by atoms with Crippen LogP contribution in [0, 0.1) is 50.7 Å². The van der Waals surface area contributed by atoms with Crippen LogP contribution in [0.2, 0.25) is 0 Å². The maximum absolute atomic E-state index is 12.9. The minimum Gasteiger partial charge on any atom is -0.299 e. The summed E-state index contributed by atoms with van der Waals surface area (Å²) in [7, 11) is 0. The van der Waals surface area contributed by atoms with E-state index in [0.717, 1.165) is 30.6 Å². The molecule has 0 radical (unpaired) electrons. The molecule has 0 heterocycles. The van der Waals surface area contributed by atoms with Crippen molar-refractivity contribution in [3.8, 4) is 0 Å². The normalized spacial score (nSPS) is 53.3. The van der Waals surface area contributed by atoms with Crippen molar-refractivity contribution in [2.75, 3.05) is 0 Å². The van der Waals surface area contributed by atoms with Crippen molar-refractivity contribution < 1.29 is 4.79 Å². The van der Waals surface area contributed by atoms with E-state index in [0.29, 0.717) is 33.4 Å². The summed E-state index contributed by atoms with van der Waals surface area (Å²) in [6, 6.07) is 0. The lowest BCUT2D eigenvalue weighted by Gasteiger charge is -2.72. The van der Waals surface area contributed by atoms with Crippen LogP contribution in [0.25, 0.3) is 0 Å². The third-order valence-corrected chi connectivity index (χ3v) is 13.2. The van der Waals surface area contributed by atoms with Crippen LogP contribution in [-0.2, 0) is 4.79 Å². The maximum Gasteiger partial charge on any atom is 0.138 e. The molecule has 1 nitrogen and oxygen atoms in total. The van der Waals surface area contributed by atoms with E-state index in [1.165, 1.54) is 51.4 Å². The summed E-state index contributed by atoms with van der Waals surface area (Å²) >= 11 is 0. The Bertz CT molecular complexity index is 829. The van der Waals surface area contributed by atoms with Crippen LogP contribution < -0.4 is 0 Å². The van der Waals surface area contributed by atoms with Gasteiger partial charge in [-0.15, -0.1) is 0 Å². The average Bonchev–Trinajstić information content (AvgIpc) is 3.03. The lowest BCUT2D eigenvalue weighted by Crippen LogP contribution is -2.66. The van der Waals surface area contributed by atoms with Crippen LogP contribution in [0.3, 0.4) is 0 Å². The second-order valence-corrected chi connectivity index (χ2v) is 14.4. The molecule has 174 valence electrons. The zero-order valence-corrected chi connectivity index (χ0v) is 21.8. The molecule has 5 fully saturated rings. The predicted octanol–water partition coefficient (Wildman–Crippen LogP) is 8.38. The van der Waals surface area contributed by atoms with Crippen molar-refractivity contribution in [3.05, 3.63) is 11.1 Å². The first-order valence-corrected chi connectivity index (χ1v) is 13.5. The minimum absolute atomic E-state index is 0.125. The Kier molecular flexibility index (Phi) is 4.66. The first-order valence-electron chi connectivity index (χ1n) is 13.5. The fraction of sp³-hybridized carbons (Fsp3) is 0.900. The van der Waals surface area contributed by atoms with E-state index >= 15 is 0 Å². The molecule has 5 rings (SSSR count). The first kappa shape index (κ1) is 22.2. The predicted molar refractivity (Wildman–Crippen MR) is 130 cm³/mol. The van der Waals surface area contributed by atoms with Gasteiger partial charge in [0.25, 0.3) is 0 Å². The first-order chi connectivity index (χ1) is 14.3. The number of carbonyl (C=O) groups is 1. The van der Waals surface area contributed by atoms with Crippen molar-refractivity contribution in [1.82, 2.24) is 0 Å². The van der Waals surface area contributed by atoms with Gasteiger partial charge in [-0.05, 0) is 117 Å². The van der Waals surface area contributed by atoms with Crippen molar-refractivity contribution in [2.45, 2.75) is 120 Å². The fourth-order valence-electron chi connectivity index (χ4n) is 11.4. The molecule has 0 bridgehead atoms. The molecule has 0 saturated heterocycles. The van der Waals surface area contributed by atoms with Crippen LogP contribution in [0.15, 0.2) is 11.1 Å². The quantitative estimate of drug-likeness (QED) is 0.357. The lowest BCUT2D eigenvalue weighted by molar-refractivity contribution is -0.235. The van der Waals surface area contributed by atoms with E-state index in [1.54, 1.807) is 5.57 Å². The van der Waals surface area contributed by atoms with E-state index in [9.17, 15) is 4.79 Å². The van der Waals surface area contributed by atoms with Crippen LogP contribution in [0.5, 0.6) is 0 Å². The molecule has 5 aliphatic carbocycles. The maximum atomic E-state index is 12.9. The zero-order chi connectivity index (χ0) is 22.6. The van der Waals surface area contributed by atoms with Crippen molar-refractivity contribution in [1.29, 1.82) is 0 Å². The SMILES string of the molecule is CC(C)=C1CCC2(C)C1CCC1(C)C2CCC2C3(C)CCC(=O)C(C)(C)C3CCC21C. The number of fused-ring (bicyclic) bond motifs is 7. The third-order valence-electron chi connectivity index (χ3n) is 13.2. The van der Waals surface area contributed by atoms with Crippen LogP contribution in [0.4, 0.5) is 0 Å². The van der Waals surface area contributed by atoms with Gasteiger partial charge in [0, 0.05) is 11.8 Å². The molecule has 0 amide bonds. The highest BCUT2D eigenvalue weighted by Gasteiger charge is 2.70. The molecule has 0 spiro atoms. The summed E-state index contributed by atoms with van der Waals surface area (Å²) in [6.45, 7) is 20.0. The number of rotatable bonds is 0. The molecule has 5 aliphatic rings. The van der Waals surface area contributed by atoms with E-state index in [-0.39, 0.29) is 5.41 Å². The monoisotopic (exact) mass is 424 g/mol. The molecule has 5 saturated carbocycles.